The van der Waals surface area contributed by atoms with Crippen molar-refractivity contribution in [2.75, 3.05) is 4.72 Å². The van der Waals surface area contributed by atoms with Gasteiger partial charge in [0.05, 0.1) is 4.90 Å². The number of hydrogen-bond acceptors (Lipinski definition) is 3. The molecule has 1 heterocycles. The first-order valence-electron chi connectivity index (χ1n) is 13.7. The van der Waals surface area contributed by atoms with E-state index in [0.717, 1.165) is 53.3 Å². The zero-order valence-corrected chi connectivity index (χ0v) is 23.9. The smallest absolute Gasteiger partial charge is 0.268 e. The summed E-state index contributed by atoms with van der Waals surface area (Å²) in [7, 11) is -3.79. The number of aromatic amines is 1. The third-order valence-electron chi connectivity index (χ3n) is 7.72. The molecule has 3 aromatic carbocycles. The summed E-state index contributed by atoms with van der Waals surface area (Å²) in [5, 5.41) is 4.02. The van der Waals surface area contributed by atoms with E-state index in [1.165, 1.54) is 0 Å². The topological polar surface area (TPSA) is 91.1 Å². The number of fused-ring (bicyclic) bond motifs is 1. The lowest BCUT2D eigenvalue weighted by Crippen LogP contribution is -2.37. The molecule has 0 bridgehead atoms. The molecular formula is C32H37N3O3S. The second kappa shape index (κ2) is 10.5. The number of hydrogen-bond donors (Lipinski definition) is 3. The van der Waals surface area contributed by atoms with E-state index in [9.17, 15) is 13.2 Å². The zero-order chi connectivity index (χ0) is 27.8. The number of H-pyrrole nitrogens is 1. The van der Waals surface area contributed by atoms with Crippen molar-refractivity contribution < 1.29 is 13.2 Å². The maximum absolute atomic E-state index is 13.5. The Morgan fingerprint density at radius 1 is 0.897 bits per heavy atom. The molecule has 39 heavy (non-hydrogen) atoms. The lowest BCUT2D eigenvalue weighted by molar-refractivity contribution is 0.0919. The van der Waals surface area contributed by atoms with Gasteiger partial charge in [-0.05, 0) is 78.5 Å². The van der Waals surface area contributed by atoms with E-state index in [2.05, 4.69) is 42.7 Å². The predicted molar refractivity (Wildman–Crippen MR) is 159 cm³/mol. The summed E-state index contributed by atoms with van der Waals surface area (Å²) in [6, 6.07) is 22.2. The van der Waals surface area contributed by atoms with E-state index in [-0.39, 0.29) is 22.3 Å². The van der Waals surface area contributed by atoms with Crippen LogP contribution in [0.4, 0.5) is 5.69 Å². The largest absolute Gasteiger partial charge is 0.350 e. The maximum atomic E-state index is 13.5. The Balaban J connectivity index is 1.48. The first-order chi connectivity index (χ1) is 18.5. The maximum Gasteiger partial charge on any atom is 0.268 e. The van der Waals surface area contributed by atoms with E-state index in [1.807, 2.05) is 48.5 Å². The van der Waals surface area contributed by atoms with Gasteiger partial charge in [0.1, 0.15) is 5.69 Å². The van der Waals surface area contributed by atoms with Gasteiger partial charge in [0, 0.05) is 28.2 Å². The van der Waals surface area contributed by atoms with Crippen LogP contribution in [-0.4, -0.2) is 25.4 Å². The Kier molecular flexibility index (Phi) is 7.29. The third kappa shape index (κ3) is 5.88. The average molecular weight is 544 g/mol. The van der Waals surface area contributed by atoms with E-state index in [0.29, 0.717) is 17.3 Å². The molecule has 1 amide bonds. The molecule has 1 saturated carbocycles. The fourth-order valence-electron chi connectivity index (χ4n) is 5.34. The first-order valence-corrected chi connectivity index (χ1v) is 15.1. The molecule has 7 heteroatoms. The van der Waals surface area contributed by atoms with E-state index >= 15 is 0 Å². The minimum Gasteiger partial charge on any atom is -0.350 e. The van der Waals surface area contributed by atoms with Crippen LogP contribution in [0.25, 0.3) is 22.0 Å². The number of aromatic nitrogens is 1. The number of rotatable bonds is 6. The molecule has 0 atom stereocenters. The summed E-state index contributed by atoms with van der Waals surface area (Å²) < 4.78 is 29.2. The molecule has 0 unspecified atom stereocenters. The Morgan fingerprint density at radius 3 is 2.21 bits per heavy atom. The summed E-state index contributed by atoms with van der Waals surface area (Å²) in [4.78, 5) is 17.0. The van der Waals surface area contributed by atoms with Gasteiger partial charge in [-0.15, -0.1) is 0 Å². The standard InChI is InChI=1S/C32H37N3O3S/c1-21-10-14-24(15-11-21)33-31(36)30-29(22-8-6-5-7-9-22)27-20-25(16-19-28(27)34-30)35-39(37,38)26-17-12-23(13-18-26)32(2,3)4/h5-9,12-13,16-21,24,34-35H,10-11,14-15H2,1-4H3,(H,33,36). The van der Waals surface area contributed by atoms with E-state index in [4.69, 9.17) is 0 Å². The second-order valence-electron chi connectivity index (χ2n) is 11.8. The van der Waals surface area contributed by atoms with Crippen molar-refractivity contribution in [3.05, 3.63) is 84.1 Å². The Morgan fingerprint density at radius 2 is 1.56 bits per heavy atom. The Bertz CT molecular complexity index is 1580. The van der Waals surface area contributed by atoms with Gasteiger partial charge in [-0.25, -0.2) is 8.42 Å². The quantitative estimate of drug-likeness (QED) is 0.239. The van der Waals surface area contributed by atoms with Gasteiger partial charge in [-0.3, -0.25) is 9.52 Å². The van der Waals surface area contributed by atoms with Gasteiger partial charge in [0.15, 0.2) is 0 Å². The molecule has 6 nitrogen and oxygen atoms in total. The van der Waals surface area contributed by atoms with Crippen LogP contribution >= 0.6 is 0 Å². The predicted octanol–water partition coefficient (Wildman–Crippen LogP) is 7.24. The van der Waals surface area contributed by atoms with Crippen molar-refractivity contribution in [3.63, 3.8) is 0 Å². The molecule has 4 aromatic rings. The molecule has 1 aliphatic carbocycles. The van der Waals surface area contributed by atoms with Crippen LogP contribution in [0.1, 0.15) is 69.4 Å². The monoisotopic (exact) mass is 543 g/mol. The molecule has 0 saturated heterocycles. The van der Waals surface area contributed by atoms with Crippen molar-refractivity contribution in [1.29, 1.82) is 0 Å². The second-order valence-corrected chi connectivity index (χ2v) is 13.5. The first kappa shape index (κ1) is 27.0. The number of anilines is 1. The molecule has 204 valence electrons. The normalized spacial score (nSPS) is 18.2. The van der Waals surface area contributed by atoms with Crippen molar-refractivity contribution in [2.24, 2.45) is 5.92 Å². The molecular weight excluding hydrogens is 506 g/mol. The fourth-order valence-corrected chi connectivity index (χ4v) is 6.39. The summed E-state index contributed by atoms with van der Waals surface area (Å²) in [6.07, 6.45) is 4.20. The molecule has 0 spiro atoms. The molecule has 1 fully saturated rings. The SMILES string of the molecule is CC1CCC(NC(=O)c2[nH]c3ccc(NS(=O)(=O)c4ccc(C(C)(C)C)cc4)cc3c2-c2ccccc2)CC1. The van der Waals surface area contributed by atoms with Crippen LogP contribution in [0.2, 0.25) is 0 Å². The van der Waals surface area contributed by atoms with E-state index < -0.39 is 10.0 Å². The summed E-state index contributed by atoms with van der Waals surface area (Å²) in [5.74, 6) is 0.565. The number of sulfonamides is 1. The molecule has 5 rings (SSSR count). The zero-order valence-electron chi connectivity index (χ0n) is 23.0. The highest BCUT2D eigenvalue weighted by atomic mass is 32.2. The molecule has 0 aliphatic heterocycles. The van der Waals surface area contributed by atoms with Gasteiger partial charge in [0.25, 0.3) is 15.9 Å². The van der Waals surface area contributed by atoms with Crippen molar-refractivity contribution in [3.8, 4) is 11.1 Å². The van der Waals surface area contributed by atoms with E-state index in [1.54, 1.807) is 24.3 Å². The van der Waals surface area contributed by atoms with Crippen molar-refractivity contribution >= 4 is 32.5 Å². The highest BCUT2D eigenvalue weighted by molar-refractivity contribution is 7.92. The van der Waals surface area contributed by atoms with Crippen molar-refractivity contribution in [1.82, 2.24) is 10.3 Å². The summed E-state index contributed by atoms with van der Waals surface area (Å²) in [6.45, 7) is 8.54. The van der Waals surface area contributed by atoms with Gasteiger partial charge >= 0.3 is 0 Å². The lowest BCUT2D eigenvalue weighted by atomic mass is 9.87. The van der Waals surface area contributed by atoms with Crippen LogP contribution in [0.3, 0.4) is 0 Å². The van der Waals surface area contributed by atoms with Gasteiger partial charge in [-0.1, -0.05) is 70.2 Å². The van der Waals surface area contributed by atoms with Gasteiger partial charge in [-0.2, -0.15) is 0 Å². The van der Waals surface area contributed by atoms with Crippen molar-refractivity contribution in [2.45, 2.75) is 69.7 Å². The fraction of sp³-hybridized carbons (Fsp3) is 0.344. The number of amides is 1. The molecule has 0 radical (unpaired) electrons. The Hall–Kier alpha value is -3.58. The molecule has 1 aromatic heterocycles. The third-order valence-corrected chi connectivity index (χ3v) is 9.12. The molecule has 3 N–H and O–H groups in total. The minimum atomic E-state index is -3.79. The van der Waals surface area contributed by atoms with Crippen LogP contribution in [0.5, 0.6) is 0 Å². The number of carbonyl (C=O) groups excluding carboxylic acids is 1. The summed E-state index contributed by atoms with van der Waals surface area (Å²) >= 11 is 0. The lowest BCUT2D eigenvalue weighted by Gasteiger charge is -2.26. The Labute approximate surface area is 231 Å². The number of carbonyl (C=O) groups is 1. The highest BCUT2D eigenvalue weighted by Gasteiger charge is 2.25. The van der Waals surface area contributed by atoms with Crippen LogP contribution in [0.15, 0.2) is 77.7 Å². The van der Waals surface area contributed by atoms with Crippen LogP contribution in [0, 0.1) is 5.92 Å². The molecule has 1 aliphatic rings. The minimum absolute atomic E-state index is 0.0672. The number of nitrogens with one attached hydrogen (secondary N) is 3. The number of benzene rings is 3. The highest BCUT2D eigenvalue weighted by Crippen LogP contribution is 2.35. The average Bonchev–Trinajstić information content (AvgIpc) is 3.29. The van der Waals surface area contributed by atoms with Gasteiger partial charge < -0.3 is 10.3 Å². The summed E-state index contributed by atoms with van der Waals surface area (Å²) in [5.41, 5.74) is 4.36. The van der Waals surface area contributed by atoms with Crippen LogP contribution < -0.4 is 10.0 Å². The van der Waals surface area contributed by atoms with Crippen LogP contribution in [-0.2, 0) is 15.4 Å². The van der Waals surface area contributed by atoms with Gasteiger partial charge in [0.2, 0.25) is 0 Å².